The van der Waals surface area contributed by atoms with Crippen LogP contribution in [0.15, 0.2) is 30.5 Å². The van der Waals surface area contributed by atoms with Gasteiger partial charge in [0.2, 0.25) is 0 Å². The zero-order chi connectivity index (χ0) is 17.3. The number of piperidine rings is 1. The fourth-order valence-electron chi connectivity index (χ4n) is 3.63. The third kappa shape index (κ3) is 3.07. The maximum absolute atomic E-state index is 12.0. The Labute approximate surface area is 146 Å². The van der Waals surface area contributed by atoms with E-state index in [1.54, 1.807) is 12.3 Å². The summed E-state index contributed by atoms with van der Waals surface area (Å²) < 4.78 is 16.7. The molecule has 4 rings (SSSR count). The molecule has 0 bridgehead atoms. The van der Waals surface area contributed by atoms with Crippen molar-refractivity contribution >= 4 is 22.6 Å². The summed E-state index contributed by atoms with van der Waals surface area (Å²) in [6, 6.07) is 7.73. The number of nitrogens with zero attached hydrogens (tertiary/aromatic N) is 2. The molecule has 132 valence electrons. The third-order valence-electron chi connectivity index (χ3n) is 5.04. The maximum atomic E-state index is 12.0. The summed E-state index contributed by atoms with van der Waals surface area (Å²) in [5, 5.41) is 0.817. The number of pyridine rings is 1. The molecule has 2 aliphatic heterocycles. The largest absolute Gasteiger partial charge is 0.465 e. The highest BCUT2D eigenvalue weighted by Crippen LogP contribution is 2.33. The van der Waals surface area contributed by atoms with Crippen molar-refractivity contribution < 1.29 is 19.0 Å². The minimum Gasteiger partial charge on any atom is -0.465 e. The van der Waals surface area contributed by atoms with Crippen LogP contribution in [0.1, 0.15) is 29.6 Å². The lowest BCUT2D eigenvalue weighted by Gasteiger charge is -2.44. The molecule has 3 heterocycles. The van der Waals surface area contributed by atoms with Crippen LogP contribution in [0.4, 0.5) is 5.69 Å². The van der Waals surface area contributed by atoms with Crippen LogP contribution < -0.4 is 4.90 Å². The topological polar surface area (TPSA) is 60.9 Å². The number of benzene rings is 1. The number of carbonyl (C=O) groups is 1. The Kier molecular flexibility index (Phi) is 4.31. The van der Waals surface area contributed by atoms with E-state index in [9.17, 15) is 4.79 Å². The molecule has 6 nitrogen and oxygen atoms in total. The molecule has 0 atom stereocenters. The van der Waals surface area contributed by atoms with Gasteiger partial charge >= 0.3 is 5.97 Å². The van der Waals surface area contributed by atoms with E-state index in [2.05, 4.69) is 16.0 Å². The number of ether oxygens (including phenoxy) is 3. The van der Waals surface area contributed by atoms with Crippen molar-refractivity contribution in [3.05, 3.63) is 36.0 Å². The van der Waals surface area contributed by atoms with Crippen LogP contribution in [-0.4, -0.2) is 50.2 Å². The lowest BCUT2D eigenvalue weighted by Crippen LogP contribution is -2.50. The van der Waals surface area contributed by atoms with E-state index >= 15 is 0 Å². The summed E-state index contributed by atoms with van der Waals surface area (Å²) in [6.07, 6.45) is 4.31. The van der Waals surface area contributed by atoms with Crippen LogP contribution in [0.3, 0.4) is 0 Å². The van der Waals surface area contributed by atoms with Crippen molar-refractivity contribution in [2.45, 2.75) is 25.0 Å². The number of aromatic nitrogens is 1. The summed E-state index contributed by atoms with van der Waals surface area (Å²) in [4.78, 5) is 18.7. The van der Waals surface area contributed by atoms with E-state index < -0.39 is 5.79 Å². The summed E-state index contributed by atoms with van der Waals surface area (Å²) >= 11 is 0. The van der Waals surface area contributed by atoms with Crippen molar-refractivity contribution in [2.24, 2.45) is 0 Å². The SMILES string of the molecule is COC(=O)c1ccnc2ccc(N3CCC4(CC3)OCCCO4)cc12. The lowest BCUT2D eigenvalue weighted by atomic mass is 10.0. The second-order valence-corrected chi connectivity index (χ2v) is 6.50. The van der Waals surface area contributed by atoms with Gasteiger partial charge in [-0.2, -0.15) is 0 Å². The van der Waals surface area contributed by atoms with Gasteiger partial charge in [0.15, 0.2) is 5.79 Å². The molecular weight excluding hydrogens is 320 g/mol. The fourth-order valence-corrected chi connectivity index (χ4v) is 3.63. The van der Waals surface area contributed by atoms with Gasteiger partial charge in [-0.1, -0.05) is 0 Å². The zero-order valence-electron chi connectivity index (χ0n) is 14.4. The molecule has 0 amide bonds. The van der Waals surface area contributed by atoms with Crippen LogP contribution in [-0.2, 0) is 14.2 Å². The van der Waals surface area contributed by atoms with E-state index in [0.29, 0.717) is 5.56 Å². The lowest BCUT2D eigenvalue weighted by molar-refractivity contribution is -0.275. The zero-order valence-corrected chi connectivity index (χ0v) is 14.4. The number of esters is 1. The molecule has 6 heteroatoms. The quantitative estimate of drug-likeness (QED) is 0.782. The molecule has 25 heavy (non-hydrogen) atoms. The average molecular weight is 342 g/mol. The summed E-state index contributed by atoms with van der Waals surface area (Å²) in [5.41, 5.74) is 2.41. The number of methoxy groups -OCH3 is 1. The van der Waals surface area contributed by atoms with E-state index in [-0.39, 0.29) is 5.97 Å². The number of fused-ring (bicyclic) bond motifs is 1. The molecule has 1 spiro atoms. The predicted octanol–water partition coefficient (Wildman–Crippen LogP) is 2.75. The van der Waals surface area contributed by atoms with Crippen LogP contribution >= 0.6 is 0 Å². The Morgan fingerprint density at radius 1 is 1.20 bits per heavy atom. The first-order chi connectivity index (χ1) is 12.2. The summed E-state index contributed by atoms with van der Waals surface area (Å²) in [5.74, 6) is -0.740. The molecule has 1 aromatic carbocycles. The van der Waals surface area contributed by atoms with Gasteiger partial charge in [0.1, 0.15) is 0 Å². The highest BCUT2D eigenvalue weighted by atomic mass is 16.7. The number of hydrogen-bond donors (Lipinski definition) is 0. The van der Waals surface area contributed by atoms with Gasteiger partial charge in [-0.15, -0.1) is 0 Å². The van der Waals surface area contributed by atoms with Crippen LogP contribution in [0, 0.1) is 0 Å². The molecule has 1 aromatic heterocycles. The molecule has 2 saturated heterocycles. The first-order valence-electron chi connectivity index (χ1n) is 8.71. The molecule has 2 aliphatic rings. The van der Waals surface area contributed by atoms with Gasteiger partial charge in [0, 0.05) is 43.2 Å². The van der Waals surface area contributed by atoms with Crippen LogP contribution in [0.2, 0.25) is 0 Å². The molecule has 0 aliphatic carbocycles. The van der Waals surface area contributed by atoms with Gasteiger partial charge in [-0.3, -0.25) is 4.98 Å². The highest BCUT2D eigenvalue weighted by molar-refractivity contribution is 6.04. The molecule has 0 saturated carbocycles. The molecule has 2 aromatic rings. The van der Waals surface area contributed by atoms with Gasteiger partial charge < -0.3 is 19.1 Å². The second kappa shape index (κ2) is 6.61. The standard InChI is InChI=1S/C19H22N2O4/c1-23-18(22)15-5-8-20-17-4-3-14(13-16(15)17)21-9-6-19(7-10-21)24-11-2-12-25-19/h3-5,8,13H,2,6-7,9-12H2,1H3. The van der Waals surface area contributed by atoms with E-state index in [4.69, 9.17) is 14.2 Å². The Bertz CT molecular complexity index is 776. The summed E-state index contributed by atoms with van der Waals surface area (Å²) in [6.45, 7) is 3.28. The smallest absolute Gasteiger partial charge is 0.338 e. The number of rotatable bonds is 2. The molecule has 0 N–H and O–H groups in total. The molecule has 0 radical (unpaired) electrons. The molecule has 2 fully saturated rings. The van der Waals surface area contributed by atoms with E-state index in [1.807, 2.05) is 12.1 Å². The van der Waals surface area contributed by atoms with Crippen molar-refractivity contribution in [2.75, 3.05) is 38.3 Å². The van der Waals surface area contributed by atoms with E-state index in [0.717, 1.165) is 62.2 Å². The maximum Gasteiger partial charge on any atom is 0.338 e. The van der Waals surface area contributed by atoms with Crippen molar-refractivity contribution in [1.82, 2.24) is 4.98 Å². The van der Waals surface area contributed by atoms with E-state index in [1.165, 1.54) is 7.11 Å². The molecule has 0 unspecified atom stereocenters. The van der Waals surface area contributed by atoms with Crippen molar-refractivity contribution in [1.29, 1.82) is 0 Å². The van der Waals surface area contributed by atoms with Gasteiger partial charge in [-0.05, 0) is 30.7 Å². The Hall–Kier alpha value is -2.18. The highest BCUT2D eigenvalue weighted by Gasteiger charge is 2.38. The normalized spacial score (nSPS) is 20.0. The third-order valence-corrected chi connectivity index (χ3v) is 5.04. The minimum absolute atomic E-state index is 0.342. The van der Waals surface area contributed by atoms with Crippen LogP contribution in [0.25, 0.3) is 10.9 Å². The number of hydrogen-bond acceptors (Lipinski definition) is 6. The first-order valence-corrected chi connectivity index (χ1v) is 8.71. The monoisotopic (exact) mass is 342 g/mol. The van der Waals surface area contributed by atoms with Gasteiger partial charge in [0.05, 0.1) is 31.4 Å². The van der Waals surface area contributed by atoms with Gasteiger partial charge in [-0.25, -0.2) is 4.79 Å². The first kappa shape index (κ1) is 16.3. The minimum atomic E-state index is -0.398. The number of carbonyl (C=O) groups excluding carboxylic acids is 1. The summed E-state index contributed by atoms with van der Waals surface area (Å²) in [7, 11) is 1.40. The van der Waals surface area contributed by atoms with Gasteiger partial charge in [0.25, 0.3) is 0 Å². The Balaban J connectivity index is 1.59. The average Bonchev–Trinajstić information content (AvgIpc) is 2.68. The van der Waals surface area contributed by atoms with Crippen molar-refractivity contribution in [3.63, 3.8) is 0 Å². The second-order valence-electron chi connectivity index (χ2n) is 6.50. The van der Waals surface area contributed by atoms with Crippen molar-refractivity contribution in [3.8, 4) is 0 Å². The Morgan fingerprint density at radius 3 is 2.68 bits per heavy atom. The molecular formula is C19H22N2O4. The fraction of sp³-hybridized carbons (Fsp3) is 0.474. The number of anilines is 1. The predicted molar refractivity (Wildman–Crippen MR) is 93.8 cm³/mol. The van der Waals surface area contributed by atoms with Crippen LogP contribution in [0.5, 0.6) is 0 Å². The Morgan fingerprint density at radius 2 is 1.96 bits per heavy atom.